The third-order valence-corrected chi connectivity index (χ3v) is 13.8. The van der Waals surface area contributed by atoms with Gasteiger partial charge in [0.1, 0.15) is 6.07 Å². The zero-order chi connectivity index (χ0) is 31.2. The van der Waals surface area contributed by atoms with Crippen molar-refractivity contribution in [3.63, 3.8) is 0 Å². The van der Waals surface area contributed by atoms with Gasteiger partial charge >= 0.3 is 6.09 Å². The summed E-state index contributed by atoms with van der Waals surface area (Å²) in [5, 5.41) is 9.96. The summed E-state index contributed by atoms with van der Waals surface area (Å²) in [5.74, 6) is 0.105. The molecular weight excluding hydrogens is 540 g/mol. The number of carbonyl (C=O) groups excluding carboxylic acids is 3. The zero-order valence-electron chi connectivity index (χ0n) is 27.3. The van der Waals surface area contributed by atoms with E-state index in [1.807, 2.05) is 26.0 Å². The number of ketones is 2. The number of morpholine rings is 1. The number of nitriles is 1. The van der Waals surface area contributed by atoms with E-state index in [-0.39, 0.29) is 62.6 Å². The number of amides is 1. The van der Waals surface area contributed by atoms with E-state index in [0.29, 0.717) is 32.9 Å². The van der Waals surface area contributed by atoms with Crippen molar-refractivity contribution in [2.24, 2.45) is 50.2 Å². The third kappa shape index (κ3) is 4.25. The van der Waals surface area contributed by atoms with Crippen molar-refractivity contribution in [3.8, 4) is 6.07 Å². The Balaban J connectivity index is 1.40. The molecule has 43 heavy (non-hydrogen) atoms. The predicted molar refractivity (Wildman–Crippen MR) is 163 cm³/mol. The molecule has 0 aromatic heterocycles. The van der Waals surface area contributed by atoms with Gasteiger partial charge in [-0.15, -0.1) is 0 Å². The van der Waals surface area contributed by atoms with Crippen molar-refractivity contribution < 1.29 is 23.9 Å². The summed E-state index contributed by atoms with van der Waals surface area (Å²) in [4.78, 5) is 42.8. The number of hydrogen-bond acceptors (Lipinski definition) is 6. The molecule has 0 aromatic carbocycles. The fraction of sp³-hybridized carbons (Fsp3) is 0.778. The predicted octanol–water partition coefficient (Wildman–Crippen LogP) is 6.67. The summed E-state index contributed by atoms with van der Waals surface area (Å²) >= 11 is 0. The van der Waals surface area contributed by atoms with E-state index in [1.54, 1.807) is 4.90 Å². The molecule has 6 rings (SSSR count). The molecule has 0 spiro atoms. The SMILES string of the molecule is CC1(C)CC[C@]2(COC(=O)N3CCOCC3)CC[C@]3(C)[C@H](C(=O)C=C4[C@@]5(C)C=C(C#N)C(=O)C(C)(C)[C@@H]5CC[C@]43C)[C@@H]2C1. The molecule has 3 saturated carbocycles. The van der Waals surface area contributed by atoms with Gasteiger partial charge < -0.3 is 14.4 Å². The van der Waals surface area contributed by atoms with Crippen molar-refractivity contribution in [2.45, 2.75) is 93.4 Å². The van der Waals surface area contributed by atoms with Gasteiger partial charge in [0.25, 0.3) is 0 Å². The Hall–Kier alpha value is -2.46. The molecule has 5 aliphatic carbocycles. The standard InChI is InChI=1S/C36H50N2O5/c1-31(2)10-12-36(22-43-30(41)38-14-16-42-17-15-38)13-11-35(7)28(24(36)20-31)25(39)18-27-33(5)19-23(21-37)29(40)32(3,4)26(33)8-9-34(27,35)6/h18-19,24,26,28H,8-17,20,22H2,1-7H3/t24-,26-,28-,33-,34+,35+,36+/m0/s1. The Morgan fingerprint density at radius 2 is 1.70 bits per heavy atom. The van der Waals surface area contributed by atoms with Gasteiger partial charge in [0.2, 0.25) is 0 Å². The highest BCUT2D eigenvalue weighted by Gasteiger charge is 2.70. The van der Waals surface area contributed by atoms with Crippen LogP contribution in [0.5, 0.6) is 0 Å². The number of ether oxygens (including phenoxy) is 2. The van der Waals surface area contributed by atoms with Gasteiger partial charge in [0.15, 0.2) is 11.6 Å². The molecule has 0 bridgehead atoms. The van der Waals surface area contributed by atoms with Gasteiger partial charge in [-0.2, -0.15) is 5.26 Å². The Bertz CT molecular complexity index is 1350. The van der Waals surface area contributed by atoms with Crippen LogP contribution in [0.1, 0.15) is 93.4 Å². The first-order valence-electron chi connectivity index (χ1n) is 16.5. The third-order valence-electron chi connectivity index (χ3n) is 13.8. The maximum Gasteiger partial charge on any atom is 0.409 e. The second kappa shape index (κ2) is 9.77. The molecule has 1 aliphatic heterocycles. The van der Waals surface area contributed by atoms with Gasteiger partial charge in [-0.25, -0.2) is 4.79 Å². The van der Waals surface area contributed by atoms with Crippen molar-refractivity contribution in [2.75, 3.05) is 32.9 Å². The van der Waals surface area contributed by atoms with Crippen LogP contribution in [0.15, 0.2) is 23.3 Å². The molecule has 7 nitrogen and oxygen atoms in total. The Morgan fingerprint density at radius 3 is 2.37 bits per heavy atom. The lowest BCUT2D eigenvalue weighted by Gasteiger charge is -2.69. The monoisotopic (exact) mass is 590 g/mol. The minimum absolute atomic E-state index is 0.0350. The van der Waals surface area contributed by atoms with Crippen LogP contribution in [-0.4, -0.2) is 55.5 Å². The lowest BCUT2D eigenvalue weighted by Crippen LogP contribution is -2.65. The molecule has 1 amide bonds. The highest BCUT2D eigenvalue weighted by atomic mass is 16.6. The van der Waals surface area contributed by atoms with Gasteiger partial charge in [0.05, 0.1) is 25.4 Å². The quantitative estimate of drug-likeness (QED) is 0.356. The summed E-state index contributed by atoms with van der Waals surface area (Å²) < 4.78 is 11.5. The molecule has 7 heteroatoms. The molecule has 234 valence electrons. The van der Waals surface area contributed by atoms with Crippen LogP contribution < -0.4 is 0 Å². The molecule has 1 saturated heterocycles. The molecule has 1 heterocycles. The van der Waals surface area contributed by atoms with Crippen LogP contribution in [0, 0.1) is 61.6 Å². The van der Waals surface area contributed by atoms with Gasteiger partial charge in [-0.1, -0.05) is 60.1 Å². The van der Waals surface area contributed by atoms with E-state index in [9.17, 15) is 19.6 Å². The summed E-state index contributed by atoms with van der Waals surface area (Å²) in [6, 6.07) is 2.20. The molecule has 0 unspecified atom stereocenters. The number of carbonyl (C=O) groups is 3. The lowest BCUT2D eigenvalue weighted by molar-refractivity contribution is -0.178. The van der Waals surface area contributed by atoms with E-state index in [4.69, 9.17) is 9.47 Å². The minimum atomic E-state index is -0.670. The molecular formula is C36H50N2O5. The van der Waals surface area contributed by atoms with E-state index in [0.717, 1.165) is 50.5 Å². The second-order valence-corrected chi connectivity index (χ2v) is 16.8. The van der Waals surface area contributed by atoms with E-state index < -0.39 is 10.8 Å². The number of rotatable bonds is 2. The lowest BCUT2D eigenvalue weighted by atomic mass is 9.34. The van der Waals surface area contributed by atoms with Crippen molar-refractivity contribution in [3.05, 3.63) is 23.3 Å². The summed E-state index contributed by atoms with van der Waals surface area (Å²) in [7, 11) is 0. The molecule has 7 atom stereocenters. The fourth-order valence-electron chi connectivity index (χ4n) is 11.0. The first-order valence-corrected chi connectivity index (χ1v) is 16.5. The Morgan fingerprint density at radius 1 is 1.02 bits per heavy atom. The minimum Gasteiger partial charge on any atom is -0.449 e. The normalized spacial score (nSPS) is 43.1. The van der Waals surface area contributed by atoms with Crippen molar-refractivity contribution in [1.29, 1.82) is 5.26 Å². The zero-order valence-corrected chi connectivity index (χ0v) is 27.3. The molecule has 6 aliphatic rings. The highest BCUT2D eigenvalue weighted by Crippen LogP contribution is 2.74. The number of fused-ring (bicyclic) bond motifs is 7. The fourth-order valence-corrected chi connectivity index (χ4v) is 11.0. The van der Waals surface area contributed by atoms with Crippen LogP contribution in [-0.2, 0) is 19.1 Å². The largest absolute Gasteiger partial charge is 0.449 e. The van der Waals surface area contributed by atoms with E-state index >= 15 is 0 Å². The van der Waals surface area contributed by atoms with Crippen molar-refractivity contribution >= 4 is 17.7 Å². The first-order chi connectivity index (χ1) is 20.0. The smallest absolute Gasteiger partial charge is 0.409 e. The topological polar surface area (TPSA) is 96.7 Å². The van der Waals surface area contributed by atoms with Crippen LogP contribution >= 0.6 is 0 Å². The second-order valence-electron chi connectivity index (χ2n) is 16.8. The molecule has 0 radical (unpaired) electrons. The molecule has 0 N–H and O–H groups in total. The average molecular weight is 591 g/mol. The van der Waals surface area contributed by atoms with Crippen LogP contribution in [0.25, 0.3) is 0 Å². The van der Waals surface area contributed by atoms with Crippen molar-refractivity contribution in [1.82, 2.24) is 4.90 Å². The number of nitrogens with zero attached hydrogens (tertiary/aromatic N) is 2. The van der Waals surface area contributed by atoms with Gasteiger partial charge in [0, 0.05) is 35.3 Å². The van der Waals surface area contributed by atoms with E-state index in [2.05, 4.69) is 40.7 Å². The molecule has 4 fully saturated rings. The maximum absolute atomic E-state index is 14.7. The first kappa shape index (κ1) is 30.6. The molecule has 0 aromatic rings. The number of Topliss-reactive ketones (excluding diaryl/α,β-unsaturated/α-hetero) is 1. The van der Waals surface area contributed by atoms with Crippen LogP contribution in [0.2, 0.25) is 0 Å². The average Bonchev–Trinajstić information content (AvgIpc) is 2.95. The van der Waals surface area contributed by atoms with Gasteiger partial charge in [-0.05, 0) is 79.1 Å². The maximum atomic E-state index is 14.7. The van der Waals surface area contributed by atoms with Gasteiger partial charge in [-0.3, -0.25) is 9.59 Å². The van der Waals surface area contributed by atoms with E-state index in [1.165, 1.54) is 0 Å². The Labute approximate surface area is 257 Å². The van der Waals surface area contributed by atoms with Crippen LogP contribution in [0.3, 0.4) is 0 Å². The summed E-state index contributed by atoms with van der Waals surface area (Å²) in [6.07, 6.45) is 10.2. The number of hydrogen-bond donors (Lipinski definition) is 0. The summed E-state index contributed by atoms with van der Waals surface area (Å²) in [6.45, 7) is 18.0. The van der Waals surface area contributed by atoms with Crippen LogP contribution in [0.4, 0.5) is 4.79 Å². The highest BCUT2D eigenvalue weighted by molar-refractivity contribution is 6.04. The Kier molecular flexibility index (Phi) is 6.94. The number of allylic oxidation sites excluding steroid dienone is 4. The summed E-state index contributed by atoms with van der Waals surface area (Å²) in [5.41, 5.74) is -0.486.